The second-order valence-corrected chi connectivity index (χ2v) is 9.32. The Labute approximate surface area is 219 Å². The monoisotopic (exact) mass is 519 g/mol. The Balaban J connectivity index is 0.00000648. The van der Waals surface area contributed by atoms with Crippen molar-refractivity contribution in [2.45, 2.75) is 58.5 Å². The first-order valence-electron chi connectivity index (χ1n) is 12.0. The quantitative estimate of drug-likeness (QED) is 0.191. The Morgan fingerprint density at radius 2 is 1.50 bits per heavy atom. The molecular formula is C27H38ClN3O5. The molecule has 3 atom stereocenters. The zero-order valence-electron chi connectivity index (χ0n) is 20.9. The summed E-state index contributed by atoms with van der Waals surface area (Å²) in [7, 11) is 0. The first-order valence-corrected chi connectivity index (χ1v) is 12.0. The number of carboxylic acids is 1. The lowest BCUT2D eigenvalue weighted by Gasteiger charge is -2.28. The van der Waals surface area contributed by atoms with Crippen LogP contribution in [0.4, 0.5) is 0 Å². The summed E-state index contributed by atoms with van der Waals surface area (Å²) in [6, 6.07) is 15.9. The summed E-state index contributed by atoms with van der Waals surface area (Å²) in [6.07, 6.45) is 2.23. The van der Waals surface area contributed by atoms with E-state index in [2.05, 4.69) is 5.32 Å². The molecule has 0 saturated heterocycles. The molecule has 2 aromatic rings. The number of aliphatic carboxylic acids is 1. The van der Waals surface area contributed by atoms with E-state index < -0.39 is 35.7 Å². The molecule has 0 aliphatic heterocycles. The molecule has 2 aromatic carbocycles. The third kappa shape index (κ3) is 9.97. The van der Waals surface area contributed by atoms with E-state index in [9.17, 15) is 24.7 Å². The van der Waals surface area contributed by atoms with Gasteiger partial charge in [0.1, 0.15) is 6.04 Å². The van der Waals surface area contributed by atoms with E-state index in [-0.39, 0.29) is 24.7 Å². The molecule has 36 heavy (non-hydrogen) atoms. The molecule has 6 N–H and O–H groups in total. The van der Waals surface area contributed by atoms with E-state index in [1.165, 1.54) is 0 Å². The molecule has 1 unspecified atom stereocenters. The van der Waals surface area contributed by atoms with E-state index in [0.717, 1.165) is 23.1 Å². The number of rotatable bonds is 14. The number of hydrogen-bond acceptors (Lipinski definition) is 5. The van der Waals surface area contributed by atoms with Crippen molar-refractivity contribution in [2.24, 2.45) is 23.5 Å². The van der Waals surface area contributed by atoms with Gasteiger partial charge in [0.25, 0.3) is 0 Å². The predicted octanol–water partition coefficient (Wildman–Crippen LogP) is 3.49. The van der Waals surface area contributed by atoms with Gasteiger partial charge in [-0.05, 0) is 48.3 Å². The van der Waals surface area contributed by atoms with E-state index >= 15 is 0 Å². The van der Waals surface area contributed by atoms with E-state index in [0.29, 0.717) is 25.8 Å². The molecule has 0 bridgehead atoms. The smallest absolute Gasteiger partial charge is 0.326 e. The highest BCUT2D eigenvalue weighted by Crippen LogP contribution is 2.27. The van der Waals surface area contributed by atoms with Crippen LogP contribution in [0.15, 0.2) is 54.6 Å². The van der Waals surface area contributed by atoms with Crippen molar-refractivity contribution < 1.29 is 24.7 Å². The fourth-order valence-electron chi connectivity index (χ4n) is 4.26. The number of benzene rings is 2. The summed E-state index contributed by atoms with van der Waals surface area (Å²) in [5.74, 6) is -3.78. The highest BCUT2D eigenvalue weighted by Gasteiger charge is 2.35. The topological polar surface area (TPSA) is 142 Å². The van der Waals surface area contributed by atoms with Crippen molar-refractivity contribution in [2.75, 3.05) is 0 Å². The second-order valence-electron chi connectivity index (χ2n) is 9.32. The zero-order valence-corrected chi connectivity index (χ0v) is 21.7. The number of hydrogen-bond donors (Lipinski definition) is 5. The minimum absolute atomic E-state index is 0. The molecule has 0 aliphatic carbocycles. The van der Waals surface area contributed by atoms with Crippen molar-refractivity contribution in [1.82, 2.24) is 10.8 Å². The number of hydroxylamine groups is 1. The van der Waals surface area contributed by atoms with E-state index in [4.69, 9.17) is 5.73 Å². The van der Waals surface area contributed by atoms with Crippen molar-refractivity contribution in [3.8, 4) is 0 Å². The van der Waals surface area contributed by atoms with Crippen molar-refractivity contribution in [3.05, 3.63) is 71.3 Å². The van der Waals surface area contributed by atoms with Crippen molar-refractivity contribution in [3.63, 3.8) is 0 Å². The summed E-state index contributed by atoms with van der Waals surface area (Å²) in [4.78, 5) is 37.9. The molecule has 0 heterocycles. The van der Waals surface area contributed by atoms with Crippen molar-refractivity contribution >= 4 is 30.2 Å². The van der Waals surface area contributed by atoms with Crippen LogP contribution >= 0.6 is 12.4 Å². The van der Waals surface area contributed by atoms with Gasteiger partial charge in [-0.25, -0.2) is 10.3 Å². The Kier molecular flexibility index (Phi) is 13.8. The average Bonchev–Trinajstić information content (AvgIpc) is 2.85. The molecule has 9 heteroatoms. The lowest BCUT2D eigenvalue weighted by atomic mass is 9.80. The Bertz CT molecular complexity index is 954. The molecule has 198 valence electrons. The largest absolute Gasteiger partial charge is 0.480 e. The number of carboxylic acid groups (broad SMARTS) is 1. The van der Waals surface area contributed by atoms with Crippen LogP contribution in [0.1, 0.15) is 49.8 Å². The van der Waals surface area contributed by atoms with Crippen LogP contribution in [0.5, 0.6) is 0 Å². The molecule has 0 spiro atoms. The molecule has 2 amide bonds. The third-order valence-electron chi connectivity index (χ3n) is 6.13. The van der Waals surface area contributed by atoms with Crippen LogP contribution in [-0.4, -0.2) is 34.1 Å². The highest BCUT2D eigenvalue weighted by atomic mass is 35.5. The van der Waals surface area contributed by atoms with Gasteiger partial charge in [0.2, 0.25) is 11.8 Å². The Morgan fingerprint density at radius 3 is 2.03 bits per heavy atom. The molecule has 8 nitrogen and oxygen atoms in total. The fourth-order valence-corrected chi connectivity index (χ4v) is 4.26. The number of amides is 2. The summed E-state index contributed by atoms with van der Waals surface area (Å²) in [5.41, 5.74) is 10.1. The van der Waals surface area contributed by atoms with Gasteiger partial charge in [-0.2, -0.15) is 0 Å². The van der Waals surface area contributed by atoms with Crippen LogP contribution in [0.25, 0.3) is 0 Å². The minimum atomic E-state index is -1.16. The maximum atomic E-state index is 13.3. The number of nitrogens with one attached hydrogen (secondary N) is 2. The van der Waals surface area contributed by atoms with Gasteiger partial charge in [-0.3, -0.25) is 14.8 Å². The van der Waals surface area contributed by atoms with Gasteiger partial charge in [-0.15, -0.1) is 12.4 Å². The standard InChI is InChI=1S/C27H37N3O5.ClH/c1-18(2)15-23(22(26(32)30-35)10-6-9-19-7-4-3-5-8-19)25(31)29-24(27(33)34)16-20-11-13-21(17-28)14-12-20;/h3-5,7-8,11-14,18,22-24,35H,6,9-10,15-17,28H2,1-2H3,(H,29,31)(H,30,32)(H,33,34);1H/t22?,23-,24+;/m1./s1. The number of halogens is 1. The van der Waals surface area contributed by atoms with Crippen molar-refractivity contribution in [1.29, 1.82) is 0 Å². The van der Waals surface area contributed by atoms with E-state index in [1.807, 2.05) is 56.3 Å². The first kappa shape index (κ1) is 31.1. The number of aryl methyl sites for hydroxylation is 1. The summed E-state index contributed by atoms with van der Waals surface area (Å²) < 4.78 is 0. The van der Waals surface area contributed by atoms with Gasteiger partial charge >= 0.3 is 5.97 Å². The van der Waals surface area contributed by atoms with Crippen LogP contribution in [0, 0.1) is 17.8 Å². The molecule has 0 radical (unpaired) electrons. The summed E-state index contributed by atoms with van der Waals surface area (Å²) in [5, 5.41) is 21.8. The van der Waals surface area contributed by atoms with Gasteiger partial charge in [0, 0.05) is 18.9 Å². The molecule has 0 aromatic heterocycles. The van der Waals surface area contributed by atoms with Gasteiger partial charge in [0.15, 0.2) is 0 Å². The average molecular weight is 520 g/mol. The SMILES string of the molecule is CC(C)C[C@@H](C(=O)N[C@@H](Cc1ccc(CN)cc1)C(=O)O)C(CCCc1ccccc1)C(=O)NO.Cl. The van der Waals surface area contributed by atoms with Gasteiger partial charge in [0.05, 0.1) is 5.92 Å². The Morgan fingerprint density at radius 1 is 0.889 bits per heavy atom. The maximum absolute atomic E-state index is 13.3. The molecule has 0 saturated carbocycles. The fraction of sp³-hybridized carbons (Fsp3) is 0.444. The van der Waals surface area contributed by atoms with Crippen LogP contribution in [0.2, 0.25) is 0 Å². The predicted molar refractivity (Wildman–Crippen MR) is 141 cm³/mol. The van der Waals surface area contributed by atoms with Crippen LogP contribution in [0.3, 0.4) is 0 Å². The molecule has 0 fully saturated rings. The third-order valence-corrected chi connectivity index (χ3v) is 6.13. The lowest BCUT2D eigenvalue weighted by Crippen LogP contribution is -2.48. The summed E-state index contributed by atoms with van der Waals surface area (Å²) >= 11 is 0. The van der Waals surface area contributed by atoms with Gasteiger partial charge in [-0.1, -0.05) is 68.4 Å². The second kappa shape index (κ2) is 15.9. The maximum Gasteiger partial charge on any atom is 0.326 e. The minimum Gasteiger partial charge on any atom is -0.480 e. The van der Waals surface area contributed by atoms with E-state index in [1.54, 1.807) is 17.6 Å². The number of carbonyl (C=O) groups is 3. The first-order chi connectivity index (χ1) is 16.7. The van der Waals surface area contributed by atoms with Gasteiger partial charge < -0.3 is 16.2 Å². The Hall–Kier alpha value is -2.94. The molecule has 2 rings (SSSR count). The van der Waals surface area contributed by atoms with Crippen LogP contribution < -0.4 is 16.5 Å². The molecular weight excluding hydrogens is 482 g/mol. The highest BCUT2D eigenvalue weighted by molar-refractivity contribution is 5.89. The normalized spacial score (nSPS) is 13.2. The van der Waals surface area contributed by atoms with Crippen LogP contribution in [-0.2, 0) is 33.8 Å². The lowest BCUT2D eigenvalue weighted by molar-refractivity contribution is -0.145. The molecule has 0 aliphatic rings. The number of nitrogens with two attached hydrogens (primary N) is 1. The number of carbonyl (C=O) groups excluding carboxylic acids is 2. The summed E-state index contributed by atoms with van der Waals surface area (Å²) in [6.45, 7) is 4.26. The zero-order chi connectivity index (χ0) is 25.8.